The van der Waals surface area contributed by atoms with Crippen molar-refractivity contribution >= 4 is 22.5 Å². The van der Waals surface area contributed by atoms with Crippen molar-refractivity contribution in [3.8, 4) is 11.5 Å². The van der Waals surface area contributed by atoms with Crippen LogP contribution in [0.4, 0.5) is 0 Å². The number of fused-ring (bicyclic) bond motifs is 3. The third-order valence-electron chi connectivity index (χ3n) is 3.26. The number of methoxy groups -OCH3 is 2. The standard InChI is InChI=1S/C14H14N4O5/c1-4-23-13(19)11-16-12-7-5-9(21-2)10(22-3)6-8(7)15-14(20)18(12)17-11/h5-6H,4H2,1-3H3,(H,15,20). The number of aromatic amines is 1. The van der Waals surface area contributed by atoms with Gasteiger partial charge in [0, 0.05) is 11.5 Å². The van der Waals surface area contributed by atoms with Crippen LogP contribution in [0.2, 0.25) is 0 Å². The number of carbonyl (C=O) groups excluding carboxylic acids is 1. The lowest BCUT2D eigenvalue weighted by atomic mass is 10.2. The van der Waals surface area contributed by atoms with Crippen LogP contribution in [-0.2, 0) is 4.74 Å². The van der Waals surface area contributed by atoms with Crippen LogP contribution in [0.1, 0.15) is 17.5 Å². The van der Waals surface area contributed by atoms with Gasteiger partial charge < -0.3 is 19.2 Å². The molecular formula is C14H14N4O5. The fourth-order valence-corrected chi connectivity index (χ4v) is 2.25. The van der Waals surface area contributed by atoms with E-state index in [-0.39, 0.29) is 18.1 Å². The average Bonchev–Trinajstić information content (AvgIpc) is 3.00. The van der Waals surface area contributed by atoms with Crippen molar-refractivity contribution in [1.29, 1.82) is 0 Å². The normalized spacial score (nSPS) is 10.9. The summed E-state index contributed by atoms with van der Waals surface area (Å²) in [7, 11) is 3.00. The van der Waals surface area contributed by atoms with Crippen LogP contribution < -0.4 is 15.2 Å². The van der Waals surface area contributed by atoms with E-state index in [1.165, 1.54) is 14.2 Å². The van der Waals surface area contributed by atoms with Gasteiger partial charge in [0.25, 0.3) is 5.82 Å². The molecule has 0 amide bonds. The van der Waals surface area contributed by atoms with Crippen LogP contribution in [0, 0.1) is 0 Å². The minimum Gasteiger partial charge on any atom is -0.493 e. The second-order valence-corrected chi connectivity index (χ2v) is 4.57. The van der Waals surface area contributed by atoms with E-state index in [1.807, 2.05) is 0 Å². The van der Waals surface area contributed by atoms with Gasteiger partial charge in [-0.05, 0) is 13.0 Å². The smallest absolute Gasteiger partial charge is 0.378 e. The molecule has 0 saturated heterocycles. The number of nitrogens with zero attached hydrogens (tertiary/aromatic N) is 3. The fraction of sp³-hybridized carbons (Fsp3) is 0.286. The van der Waals surface area contributed by atoms with E-state index in [2.05, 4.69) is 15.1 Å². The molecule has 1 aromatic carbocycles. The van der Waals surface area contributed by atoms with Crippen molar-refractivity contribution in [2.45, 2.75) is 6.92 Å². The van der Waals surface area contributed by atoms with E-state index in [4.69, 9.17) is 14.2 Å². The summed E-state index contributed by atoms with van der Waals surface area (Å²) in [6.07, 6.45) is 0. The van der Waals surface area contributed by atoms with Gasteiger partial charge in [-0.25, -0.2) is 14.6 Å². The van der Waals surface area contributed by atoms with E-state index in [0.717, 1.165) is 4.52 Å². The molecular weight excluding hydrogens is 304 g/mol. The minimum absolute atomic E-state index is 0.181. The number of benzene rings is 1. The van der Waals surface area contributed by atoms with Crippen molar-refractivity contribution in [3.05, 3.63) is 28.4 Å². The molecule has 0 fully saturated rings. The molecule has 120 valence electrons. The molecule has 0 bridgehead atoms. The maximum absolute atomic E-state index is 12.1. The van der Waals surface area contributed by atoms with E-state index < -0.39 is 11.7 Å². The molecule has 1 N–H and O–H groups in total. The largest absolute Gasteiger partial charge is 0.493 e. The Morgan fingerprint density at radius 2 is 1.96 bits per heavy atom. The lowest BCUT2D eigenvalue weighted by Crippen LogP contribution is -2.18. The minimum atomic E-state index is -0.691. The number of esters is 1. The highest BCUT2D eigenvalue weighted by Gasteiger charge is 2.18. The summed E-state index contributed by atoms with van der Waals surface area (Å²) in [6.45, 7) is 1.86. The summed E-state index contributed by atoms with van der Waals surface area (Å²) in [5, 5.41) is 4.45. The number of nitrogens with one attached hydrogen (secondary N) is 1. The SMILES string of the molecule is CCOC(=O)c1nc2c3cc(OC)c(OC)cc3[nH]c(=O)n2n1. The Hall–Kier alpha value is -3.10. The molecule has 9 heteroatoms. The second-order valence-electron chi connectivity index (χ2n) is 4.57. The van der Waals surface area contributed by atoms with Crippen molar-refractivity contribution in [2.75, 3.05) is 20.8 Å². The summed E-state index contributed by atoms with van der Waals surface area (Å²) in [5.41, 5.74) is 0.193. The van der Waals surface area contributed by atoms with Crippen LogP contribution in [0.5, 0.6) is 11.5 Å². The quantitative estimate of drug-likeness (QED) is 0.708. The molecule has 0 aliphatic heterocycles. The second kappa shape index (κ2) is 5.59. The first-order valence-corrected chi connectivity index (χ1v) is 6.81. The van der Waals surface area contributed by atoms with Crippen molar-refractivity contribution in [1.82, 2.24) is 19.6 Å². The summed E-state index contributed by atoms with van der Waals surface area (Å²) >= 11 is 0. The van der Waals surface area contributed by atoms with Crippen molar-refractivity contribution in [3.63, 3.8) is 0 Å². The zero-order valence-electron chi connectivity index (χ0n) is 12.7. The number of hydrogen-bond acceptors (Lipinski definition) is 7. The van der Waals surface area contributed by atoms with Gasteiger partial charge in [-0.3, -0.25) is 0 Å². The van der Waals surface area contributed by atoms with E-state index >= 15 is 0 Å². The molecule has 3 rings (SSSR count). The summed E-state index contributed by atoms with van der Waals surface area (Å²) in [6, 6.07) is 3.28. The first kappa shape index (κ1) is 14.8. The molecule has 0 atom stereocenters. The van der Waals surface area contributed by atoms with Crippen LogP contribution >= 0.6 is 0 Å². The zero-order chi connectivity index (χ0) is 16.6. The van der Waals surface area contributed by atoms with Crippen LogP contribution in [0.15, 0.2) is 16.9 Å². The Labute approximate surface area is 129 Å². The Bertz CT molecular complexity index is 959. The Morgan fingerprint density at radius 3 is 2.61 bits per heavy atom. The molecule has 0 saturated carbocycles. The van der Waals surface area contributed by atoms with Crippen LogP contribution in [0.25, 0.3) is 16.6 Å². The first-order chi connectivity index (χ1) is 11.1. The molecule has 2 heterocycles. The average molecular weight is 318 g/mol. The monoisotopic (exact) mass is 318 g/mol. The Kier molecular flexibility index (Phi) is 3.61. The maximum atomic E-state index is 12.1. The molecule has 0 radical (unpaired) electrons. The molecule has 0 aliphatic rings. The number of aromatic nitrogens is 4. The third kappa shape index (κ3) is 2.35. The Morgan fingerprint density at radius 1 is 1.26 bits per heavy atom. The lowest BCUT2D eigenvalue weighted by molar-refractivity contribution is 0.0512. The van der Waals surface area contributed by atoms with Gasteiger partial charge in [-0.1, -0.05) is 0 Å². The van der Waals surface area contributed by atoms with E-state index in [9.17, 15) is 9.59 Å². The van der Waals surface area contributed by atoms with Crippen molar-refractivity contribution in [2.24, 2.45) is 0 Å². The van der Waals surface area contributed by atoms with Gasteiger partial charge in [-0.15, -0.1) is 5.10 Å². The van der Waals surface area contributed by atoms with Gasteiger partial charge in [0.05, 0.1) is 26.3 Å². The van der Waals surface area contributed by atoms with Crippen LogP contribution in [0.3, 0.4) is 0 Å². The van der Waals surface area contributed by atoms with E-state index in [0.29, 0.717) is 22.4 Å². The number of ether oxygens (including phenoxy) is 3. The number of H-pyrrole nitrogens is 1. The van der Waals surface area contributed by atoms with Crippen molar-refractivity contribution < 1.29 is 19.0 Å². The van der Waals surface area contributed by atoms with Gasteiger partial charge >= 0.3 is 11.7 Å². The molecule has 0 unspecified atom stereocenters. The molecule has 9 nitrogen and oxygen atoms in total. The molecule has 2 aromatic heterocycles. The zero-order valence-corrected chi connectivity index (χ0v) is 12.7. The third-order valence-corrected chi connectivity index (χ3v) is 3.26. The van der Waals surface area contributed by atoms with E-state index in [1.54, 1.807) is 19.1 Å². The van der Waals surface area contributed by atoms with Gasteiger partial charge in [-0.2, -0.15) is 4.52 Å². The summed E-state index contributed by atoms with van der Waals surface area (Å²) in [4.78, 5) is 30.7. The lowest BCUT2D eigenvalue weighted by Gasteiger charge is -2.09. The predicted octanol–water partition coefficient (Wildman–Crippen LogP) is 0.765. The molecule has 3 aromatic rings. The summed E-state index contributed by atoms with van der Waals surface area (Å²) in [5.74, 6) is 0.0589. The maximum Gasteiger partial charge on any atom is 0.378 e. The fourth-order valence-electron chi connectivity index (χ4n) is 2.25. The number of hydrogen-bond donors (Lipinski definition) is 1. The van der Waals surface area contributed by atoms with Gasteiger partial charge in [0.1, 0.15) is 0 Å². The highest BCUT2D eigenvalue weighted by molar-refractivity contribution is 5.95. The molecule has 0 aliphatic carbocycles. The van der Waals surface area contributed by atoms with Gasteiger partial charge in [0.2, 0.25) is 0 Å². The number of rotatable bonds is 4. The van der Waals surface area contributed by atoms with Gasteiger partial charge in [0.15, 0.2) is 17.1 Å². The Balaban J connectivity index is 2.32. The summed E-state index contributed by atoms with van der Waals surface area (Å²) < 4.78 is 16.3. The number of carbonyl (C=O) groups is 1. The topological polar surface area (TPSA) is 108 Å². The first-order valence-electron chi connectivity index (χ1n) is 6.81. The predicted molar refractivity (Wildman–Crippen MR) is 80.2 cm³/mol. The highest BCUT2D eigenvalue weighted by Crippen LogP contribution is 2.32. The molecule has 23 heavy (non-hydrogen) atoms. The highest BCUT2D eigenvalue weighted by atomic mass is 16.5. The molecule has 0 spiro atoms. The van der Waals surface area contributed by atoms with Crippen LogP contribution in [-0.4, -0.2) is 46.4 Å².